The fraction of sp³-hybridized carbons (Fsp3) is 0.435. The Morgan fingerprint density at radius 3 is 2.37 bits per heavy atom. The van der Waals surface area contributed by atoms with Crippen LogP contribution >= 0.6 is 0 Å². The number of nitrogens with zero attached hydrogens (tertiary/aromatic N) is 1. The Kier molecular flexibility index (Phi) is 6.53. The summed E-state index contributed by atoms with van der Waals surface area (Å²) < 4.78 is 33.1. The molecule has 1 amide bonds. The molecule has 1 saturated heterocycles. The van der Waals surface area contributed by atoms with Crippen molar-refractivity contribution in [2.24, 2.45) is 5.41 Å². The van der Waals surface area contributed by atoms with Crippen LogP contribution in [0.4, 0.5) is 0 Å². The van der Waals surface area contributed by atoms with Gasteiger partial charge in [-0.3, -0.25) is 4.79 Å². The lowest BCUT2D eigenvalue weighted by Crippen LogP contribution is -2.51. The van der Waals surface area contributed by atoms with Crippen molar-refractivity contribution in [1.82, 2.24) is 9.62 Å². The number of nitrogens with one attached hydrogen (secondary N) is 1. The van der Waals surface area contributed by atoms with Crippen LogP contribution in [-0.2, 0) is 21.4 Å². The largest absolute Gasteiger partial charge is 0.497 e. The van der Waals surface area contributed by atoms with Crippen molar-refractivity contribution in [3.05, 3.63) is 59.2 Å². The number of carbonyl (C=O) groups is 1. The number of carbonyl (C=O) groups excluding carboxylic acids is 1. The van der Waals surface area contributed by atoms with Gasteiger partial charge in [0.1, 0.15) is 5.75 Å². The molecule has 6 nitrogen and oxygen atoms in total. The van der Waals surface area contributed by atoms with Crippen molar-refractivity contribution in [3.8, 4) is 5.75 Å². The van der Waals surface area contributed by atoms with Crippen LogP contribution in [0.2, 0.25) is 0 Å². The number of rotatable bonds is 6. The topological polar surface area (TPSA) is 75.7 Å². The molecule has 1 fully saturated rings. The maximum Gasteiger partial charge on any atom is 0.243 e. The molecular weight excluding hydrogens is 400 g/mol. The van der Waals surface area contributed by atoms with Gasteiger partial charge < -0.3 is 10.1 Å². The van der Waals surface area contributed by atoms with Crippen LogP contribution in [0.15, 0.2) is 47.4 Å². The van der Waals surface area contributed by atoms with Crippen LogP contribution in [0.5, 0.6) is 5.75 Å². The number of ether oxygens (including phenoxy) is 1. The van der Waals surface area contributed by atoms with E-state index in [0.717, 1.165) is 22.4 Å². The van der Waals surface area contributed by atoms with E-state index in [-0.39, 0.29) is 12.5 Å². The van der Waals surface area contributed by atoms with Gasteiger partial charge in [0.15, 0.2) is 0 Å². The molecule has 162 valence electrons. The predicted octanol–water partition coefficient (Wildman–Crippen LogP) is 3.42. The van der Waals surface area contributed by atoms with Crippen molar-refractivity contribution in [2.45, 2.75) is 45.1 Å². The molecule has 7 heteroatoms. The first-order valence-electron chi connectivity index (χ1n) is 10.1. The Labute approximate surface area is 179 Å². The normalized spacial score (nSPS) is 20.0. The second kappa shape index (κ2) is 8.78. The second-order valence-corrected chi connectivity index (χ2v) is 10.3. The fourth-order valence-electron chi connectivity index (χ4n) is 3.95. The minimum absolute atomic E-state index is 0.126. The zero-order chi connectivity index (χ0) is 21.9. The highest BCUT2D eigenvalue weighted by Crippen LogP contribution is 2.33. The molecule has 3 rings (SSSR count). The third-order valence-electron chi connectivity index (χ3n) is 5.65. The van der Waals surface area contributed by atoms with Gasteiger partial charge in [0, 0.05) is 19.6 Å². The number of benzene rings is 2. The van der Waals surface area contributed by atoms with E-state index in [9.17, 15) is 13.2 Å². The number of aryl methyl sites for hydroxylation is 2. The number of hydrogen-bond acceptors (Lipinski definition) is 4. The molecule has 0 saturated carbocycles. The first kappa shape index (κ1) is 22.3. The van der Waals surface area contributed by atoms with Gasteiger partial charge in [-0.15, -0.1) is 0 Å². The van der Waals surface area contributed by atoms with E-state index in [1.165, 1.54) is 4.31 Å². The van der Waals surface area contributed by atoms with Crippen molar-refractivity contribution in [1.29, 1.82) is 0 Å². The zero-order valence-corrected chi connectivity index (χ0v) is 18.9. The van der Waals surface area contributed by atoms with Gasteiger partial charge in [0.05, 0.1) is 17.4 Å². The Balaban J connectivity index is 1.72. The molecule has 1 aliphatic heterocycles. The number of hydrogen-bond donors (Lipinski definition) is 1. The summed E-state index contributed by atoms with van der Waals surface area (Å²) in [4.78, 5) is 13.3. The predicted molar refractivity (Wildman–Crippen MR) is 117 cm³/mol. The van der Waals surface area contributed by atoms with Crippen molar-refractivity contribution >= 4 is 15.9 Å². The standard InChI is InChI=1S/C23H30N2O4S/c1-17-12-18(2)14-21(13-17)30(27,28)25-11-5-10-23(3,16-25)22(26)24-15-19-6-8-20(29-4)9-7-19/h6-9,12-14H,5,10-11,15-16H2,1-4H3,(H,24,26). The molecule has 0 bridgehead atoms. The SMILES string of the molecule is COc1ccc(CNC(=O)C2(C)CCCN(S(=O)(=O)c3cc(C)cc(C)c3)C2)cc1. The second-order valence-electron chi connectivity index (χ2n) is 8.36. The zero-order valence-electron chi connectivity index (χ0n) is 18.1. The van der Waals surface area contributed by atoms with Gasteiger partial charge >= 0.3 is 0 Å². The van der Waals surface area contributed by atoms with E-state index in [1.807, 2.05) is 51.1 Å². The molecule has 1 aliphatic rings. The minimum Gasteiger partial charge on any atom is -0.497 e. The summed E-state index contributed by atoms with van der Waals surface area (Å²) in [5.41, 5.74) is 2.01. The molecule has 2 aromatic rings. The van der Waals surface area contributed by atoms with Crippen LogP contribution in [-0.4, -0.2) is 38.8 Å². The smallest absolute Gasteiger partial charge is 0.243 e. The average Bonchev–Trinajstić information content (AvgIpc) is 2.71. The summed E-state index contributed by atoms with van der Waals surface area (Å²) in [6, 6.07) is 12.8. The quantitative estimate of drug-likeness (QED) is 0.762. The van der Waals surface area contributed by atoms with Crippen molar-refractivity contribution in [3.63, 3.8) is 0 Å². The average molecular weight is 431 g/mol. The molecular formula is C23H30N2O4S. The highest BCUT2D eigenvalue weighted by atomic mass is 32.2. The molecule has 2 aromatic carbocycles. The lowest BCUT2D eigenvalue weighted by Gasteiger charge is -2.38. The maximum absolute atomic E-state index is 13.2. The summed E-state index contributed by atoms with van der Waals surface area (Å²) in [6.07, 6.45) is 1.30. The molecule has 1 N–H and O–H groups in total. The number of amides is 1. The first-order chi connectivity index (χ1) is 14.1. The van der Waals surface area contributed by atoms with Crippen LogP contribution < -0.4 is 10.1 Å². The lowest BCUT2D eigenvalue weighted by atomic mass is 9.82. The summed E-state index contributed by atoms with van der Waals surface area (Å²) in [7, 11) is -2.04. The van der Waals surface area contributed by atoms with Crippen LogP contribution in [0.1, 0.15) is 36.5 Å². The summed E-state index contributed by atoms with van der Waals surface area (Å²) >= 11 is 0. The molecule has 1 atom stereocenters. The first-order valence-corrected chi connectivity index (χ1v) is 11.6. The minimum atomic E-state index is -3.65. The molecule has 0 spiro atoms. The van der Waals surface area contributed by atoms with Gasteiger partial charge in [-0.1, -0.05) is 18.2 Å². The molecule has 0 aromatic heterocycles. The molecule has 0 radical (unpaired) electrons. The van der Waals surface area contributed by atoms with Gasteiger partial charge in [0.2, 0.25) is 15.9 Å². The Morgan fingerprint density at radius 1 is 1.13 bits per heavy atom. The summed E-state index contributed by atoms with van der Waals surface area (Å²) in [5.74, 6) is 0.634. The third kappa shape index (κ3) is 4.84. The van der Waals surface area contributed by atoms with E-state index in [1.54, 1.807) is 19.2 Å². The Bertz CT molecular complexity index is 998. The van der Waals surface area contributed by atoms with Crippen LogP contribution in [0, 0.1) is 19.3 Å². The van der Waals surface area contributed by atoms with Crippen molar-refractivity contribution < 1.29 is 17.9 Å². The van der Waals surface area contributed by atoms with Crippen LogP contribution in [0.3, 0.4) is 0 Å². The fourth-order valence-corrected chi connectivity index (χ4v) is 5.75. The van der Waals surface area contributed by atoms with E-state index in [0.29, 0.717) is 30.8 Å². The van der Waals surface area contributed by atoms with Crippen molar-refractivity contribution in [2.75, 3.05) is 20.2 Å². The van der Waals surface area contributed by atoms with E-state index in [2.05, 4.69) is 5.32 Å². The summed E-state index contributed by atoms with van der Waals surface area (Å²) in [5, 5.41) is 2.98. The monoisotopic (exact) mass is 430 g/mol. The number of methoxy groups -OCH3 is 1. The van der Waals surface area contributed by atoms with E-state index in [4.69, 9.17) is 4.74 Å². The number of piperidine rings is 1. The Hall–Kier alpha value is -2.38. The highest BCUT2D eigenvalue weighted by molar-refractivity contribution is 7.89. The van der Waals surface area contributed by atoms with Gasteiger partial charge in [0.25, 0.3) is 0 Å². The number of sulfonamides is 1. The molecule has 1 unspecified atom stereocenters. The lowest BCUT2D eigenvalue weighted by molar-refractivity contribution is -0.132. The van der Waals surface area contributed by atoms with Gasteiger partial charge in [-0.25, -0.2) is 8.42 Å². The van der Waals surface area contributed by atoms with E-state index >= 15 is 0 Å². The summed E-state index contributed by atoms with van der Waals surface area (Å²) in [6.45, 7) is 6.62. The van der Waals surface area contributed by atoms with Gasteiger partial charge in [-0.2, -0.15) is 4.31 Å². The maximum atomic E-state index is 13.2. The Morgan fingerprint density at radius 2 is 1.77 bits per heavy atom. The van der Waals surface area contributed by atoms with E-state index < -0.39 is 15.4 Å². The molecule has 0 aliphatic carbocycles. The van der Waals surface area contributed by atoms with Crippen LogP contribution in [0.25, 0.3) is 0 Å². The highest BCUT2D eigenvalue weighted by Gasteiger charge is 2.41. The third-order valence-corrected chi connectivity index (χ3v) is 7.48. The molecule has 30 heavy (non-hydrogen) atoms. The molecule has 1 heterocycles. The van der Waals surface area contributed by atoms with Gasteiger partial charge in [-0.05, 0) is 74.6 Å².